The second-order valence-electron chi connectivity index (χ2n) is 7.87. The third-order valence-electron chi connectivity index (χ3n) is 5.28. The van der Waals surface area contributed by atoms with E-state index in [4.69, 9.17) is 9.72 Å². The van der Waals surface area contributed by atoms with Crippen LogP contribution in [0.15, 0.2) is 0 Å². The number of aryl methyl sites for hydroxylation is 1. The van der Waals surface area contributed by atoms with Crippen molar-refractivity contribution >= 4 is 0 Å². The van der Waals surface area contributed by atoms with Crippen LogP contribution in [0.1, 0.15) is 62.8 Å². The first kappa shape index (κ1) is 17.9. The van der Waals surface area contributed by atoms with Gasteiger partial charge in [-0.25, -0.2) is 4.98 Å². The molecule has 2 heterocycles. The molecule has 0 unspecified atom stereocenters. The van der Waals surface area contributed by atoms with E-state index < -0.39 is 6.10 Å². The average molecular weight is 335 g/mol. The summed E-state index contributed by atoms with van der Waals surface area (Å²) in [4.78, 5) is 7.38. The Balaban J connectivity index is 1.62. The summed E-state index contributed by atoms with van der Waals surface area (Å²) in [5.74, 6) is 1.71. The summed E-state index contributed by atoms with van der Waals surface area (Å²) < 4.78 is 7.93. The van der Waals surface area contributed by atoms with Crippen molar-refractivity contribution in [3.05, 3.63) is 17.2 Å². The fourth-order valence-corrected chi connectivity index (χ4v) is 4.11. The Morgan fingerprint density at radius 2 is 2.00 bits per heavy atom. The SMILES string of the molecule is CC(C)COC[C@@H](O)CN1CCC[C@@H]1c1nc2c(n1C)CCCC2. The van der Waals surface area contributed by atoms with E-state index in [0.717, 1.165) is 25.8 Å². The highest BCUT2D eigenvalue weighted by Gasteiger charge is 2.32. The van der Waals surface area contributed by atoms with Crippen molar-refractivity contribution in [2.45, 2.75) is 64.5 Å². The van der Waals surface area contributed by atoms with Crippen LogP contribution >= 0.6 is 0 Å². The van der Waals surface area contributed by atoms with Gasteiger partial charge in [0.05, 0.1) is 24.4 Å². The van der Waals surface area contributed by atoms with Crippen LogP contribution in [0.5, 0.6) is 0 Å². The molecule has 0 spiro atoms. The number of fused-ring (bicyclic) bond motifs is 1. The van der Waals surface area contributed by atoms with E-state index in [2.05, 4.69) is 30.4 Å². The Kier molecular flexibility index (Phi) is 5.95. The summed E-state index contributed by atoms with van der Waals surface area (Å²) in [6, 6.07) is 0.348. The predicted octanol–water partition coefficient (Wildman–Crippen LogP) is 2.47. The number of aliphatic hydroxyl groups excluding tert-OH is 1. The van der Waals surface area contributed by atoms with Crippen molar-refractivity contribution < 1.29 is 9.84 Å². The molecule has 0 saturated carbocycles. The smallest absolute Gasteiger partial charge is 0.126 e. The number of rotatable bonds is 7. The van der Waals surface area contributed by atoms with Crippen molar-refractivity contribution in [2.24, 2.45) is 13.0 Å². The second-order valence-corrected chi connectivity index (χ2v) is 7.87. The first-order valence-corrected chi connectivity index (χ1v) is 9.60. The second kappa shape index (κ2) is 7.98. The van der Waals surface area contributed by atoms with Crippen molar-refractivity contribution in [1.82, 2.24) is 14.5 Å². The topological polar surface area (TPSA) is 50.5 Å². The van der Waals surface area contributed by atoms with Gasteiger partial charge in [-0.15, -0.1) is 0 Å². The van der Waals surface area contributed by atoms with Crippen LogP contribution in [0, 0.1) is 5.92 Å². The molecular weight excluding hydrogens is 302 g/mol. The van der Waals surface area contributed by atoms with Gasteiger partial charge in [0.2, 0.25) is 0 Å². The number of hydrogen-bond acceptors (Lipinski definition) is 4. The maximum atomic E-state index is 10.3. The minimum absolute atomic E-state index is 0.348. The lowest BCUT2D eigenvalue weighted by Crippen LogP contribution is -2.35. The molecular formula is C19H33N3O2. The van der Waals surface area contributed by atoms with Crippen LogP contribution in [-0.2, 0) is 24.6 Å². The van der Waals surface area contributed by atoms with Crippen molar-refractivity contribution in [3.63, 3.8) is 0 Å². The summed E-state index contributed by atoms with van der Waals surface area (Å²) in [5.41, 5.74) is 2.75. The Bertz CT molecular complexity index is 541. The molecule has 24 heavy (non-hydrogen) atoms. The first-order chi connectivity index (χ1) is 11.6. The number of imidazole rings is 1. The van der Waals surface area contributed by atoms with Crippen molar-refractivity contribution in [3.8, 4) is 0 Å². The zero-order chi connectivity index (χ0) is 17.1. The monoisotopic (exact) mass is 335 g/mol. The van der Waals surface area contributed by atoms with Crippen LogP contribution in [0.3, 0.4) is 0 Å². The largest absolute Gasteiger partial charge is 0.389 e. The maximum absolute atomic E-state index is 10.3. The molecule has 2 aliphatic rings. The third-order valence-corrected chi connectivity index (χ3v) is 5.28. The highest BCUT2D eigenvalue weighted by Crippen LogP contribution is 2.33. The van der Waals surface area contributed by atoms with Crippen molar-refractivity contribution in [1.29, 1.82) is 0 Å². The van der Waals surface area contributed by atoms with E-state index in [1.165, 1.54) is 36.5 Å². The summed E-state index contributed by atoms with van der Waals surface area (Å²) in [6.45, 7) is 7.13. The molecule has 1 aromatic heterocycles. The van der Waals surface area contributed by atoms with Gasteiger partial charge in [0.1, 0.15) is 5.82 Å². The summed E-state index contributed by atoms with van der Waals surface area (Å²) in [7, 11) is 2.17. The lowest BCUT2D eigenvalue weighted by Gasteiger charge is -2.26. The minimum Gasteiger partial charge on any atom is -0.389 e. The highest BCUT2D eigenvalue weighted by atomic mass is 16.5. The molecule has 1 aromatic rings. The number of aromatic nitrogens is 2. The van der Waals surface area contributed by atoms with Crippen LogP contribution in [0.4, 0.5) is 0 Å². The molecule has 1 aliphatic carbocycles. The highest BCUT2D eigenvalue weighted by molar-refractivity contribution is 5.22. The van der Waals surface area contributed by atoms with E-state index in [9.17, 15) is 5.11 Å². The van der Waals surface area contributed by atoms with Gasteiger partial charge < -0.3 is 14.4 Å². The van der Waals surface area contributed by atoms with Crippen LogP contribution < -0.4 is 0 Å². The lowest BCUT2D eigenvalue weighted by molar-refractivity contribution is 0.00548. The van der Waals surface area contributed by atoms with Gasteiger partial charge in [-0.1, -0.05) is 13.8 Å². The summed E-state index contributed by atoms with van der Waals surface area (Å²) in [6.07, 6.45) is 6.75. The van der Waals surface area contributed by atoms with E-state index in [-0.39, 0.29) is 0 Å². The van der Waals surface area contributed by atoms with Gasteiger partial charge >= 0.3 is 0 Å². The quantitative estimate of drug-likeness (QED) is 0.832. The molecule has 2 atom stereocenters. The van der Waals surface area contributed by atoms with Gasteiger partial charge in [0.15, 0.2) is 0 Å². The Morgan fingerprint density at radius 3 is 2.75 bits per heavy atom. The number of likely N-dealkylation sites (tertiary alicyclic amines) is 1. The molecule has 3 rings (SSSR count). The molecule has 0 amide bonds. The van der Waals surface area contributed by atoms with Gasteiger partial charge in [-0.05, 0) is 51.0 Å². The van der Waals surface area contributed by atoms with Crippen LogP contribution in [-0.4, -0.2) is 52.0 Å². The molecule has 0 radical (unpaired) electrons. The normalized spacial score (nSPS) is 23.0. The number of hydrogen-bond donors (Lipinski definition) is 1. The van der Waals surface area contributed by atoms with E-state index >= 15 is 0 Å². The number of aliphatic hydroxyl groups is 1. The zero-order valence-corrected chi connectivity index (χ0v) is 15.5. The van der Waals surface area contributed by atoms with Crippen LogP contribution in [0.2, 0.25) is 0 Å². The first-order valence-electron chi connectivity index (χ1n) is 9.60. The minimum atomic E-state index is -0.417. The Labute approximate surface area is 146 Å². The van der Waals surface area contributed by atoms with Crippen LogP contribution in [0.25, 0.3) is 0 Å². The predicted molar refractivity (Wildman–Crippen MR) is 95.1 cm³/mol. The standard InChI is InChI=1S/C19H33N3O2/c1-14(2)12-24-13-15(23)11-22-10-6-9-18(22)19-20-16-7-4-5-8-17(16)21(19)3/h14-15,18,23H,4-13H2,1-3H3/t15-,18+/m0/s1. The molecule has 5 nitrogen and oxygen atoms in total. The third kappa shape index (κ3) is 4.01. The van der Waals surface area contributed by atoms with Gasteiger partial charge in [0.25, 0.3) is 0 Å². The lowest BCUT2D eigenvalue weighted by atomic mass is 10.0. The van der Waals surface area contributed by atoms with Gasteiger partial charge in [0, 0.05) is 25.9 Å². The van der Waals surface area contributed by atoms with Crippen molar-refractivity contribution in [2.75, 3.05) is 26.3 Å². The Morgan fingerprint density at radius 1 is 1.21 bits per heavy atom. The molecule has 1 N–H and O–H groups in total. The fourth-order valence-electron chi connectivity index (χ4n) is 4.11. The molecule has 0 bridgehead atoms. The van der Waals surface area contributed by atoms with E-state index in [0.29, 0.717) is 31.7 Å². The molecule has 1 saturated heterocycles. The molecule has 5 heteroatoms. The number of nitrogens with zero attached hydrogens (tertiary/aromatic N) is 3. The maximum Gasteiger partial charge on any atom is 0.126 e. The number of ether oxygens (including phenoxy) is 1. The summed E-state index contributed by atoms with van der Waals surface area (Å²) in [5, 5.41) is 10.3. The van der Waals surface area contributed by atoms with Gasteiger partial charge in [-0.2, -0.15) is 0 Å². The summed E-state index contributed by atoms with van der Waals surface area (Å²) >= 11 is 0. The molecule has 1 aliphatic heterocycles. The molecule has 136 valence electrons. The van der Waals surface area contributed by atoms with E-state index in [1.54, 1.807) is 0 Å². The zero-order valence-electron chi connectivity index (χ0n) is 15.5. The van der Waals surface area contributed by atoms with E-state index in [1.807, 2.05) is 0 Å². The Hall–Kier alpha value is -0.910. The van der Waals surface area contributed by atoms with Gasteiger partial charge in [-0.3, -0.25) is 4.90 Å². The number of β-amino-alcohol motifs (C(OH)–C–C–N with tert-alkyl or cyclic N) is 1. The average Bonchev–Trinajstić information content (AvgIpc) is 3.12. The molecule has 0 aromatic carbocycles. The molecule has 1 fully saturated rings. The fraction of sp³-hybridized carbons (Fsp3) is 0.842.